The molecule has 1 aromatic rings. The highest BCUT2D eigenvalue weighted by Gasteiger charge is 2.43. The summed E-state index contributed by atoms with van der Waals surface area (Å²) in [7, 11) is 0. The number of hydrogen-bond donors (Lipinski definition) is 8. The molecular weight excluding hydrogens is 590 g/mol. The fourth-order valence-electron chi connectivity index (χ4n) is 4.61. The third-order valence-corrected chi connectivity index (χ3v) is 8.12. The summed E-state index contributed by atoms with van der Waals surface area (Å²) in [6.07, 6.45) is -1.22. The fourth-order valence-corrected chi connectivity index (χ4v) is 5.70. The van der Waals surface area contributed by atoms with Crippen molar-refractivity contribution in [3.05, 3.63) is 22.8 Å². The van der Waals surface area contributed by atoms with Crippen molar-refractivity contribution in [1.29, 1.82) is 0 Å². The molecule has 2 aliphatic heterocycles. The minimum absolute atomic E-state index is 0.0236. The lowest BCUT2D eigenvalue weighted by Crippen LogP contribution is -2.60. The standard InChI is InChI=1S/C26H35N5O11S/c1-10-17(33)6-18(34)13-8-43-9-15(22(36)28-12(3)25(39)40)30-21(35)14(7-42-26(41)19(10)13)29-23(37)20-16(32)4-5-31(20)24(38)11(2)27/h6,11-12,14-16,20,32-34H,4-5,7-9,27H2,1-3H3,(H,28,36)(H,29,37)(H,30,35)(H,39,40)/t11-,12-,14?,15-,16+,20-/m0/s1. The average molecular weight is 626 g/mol. The number of phenols is 2. The maximum atomic E-state index is 13.4. The van der Waals surface area contributed by atoms with Crippen molar-refractivity contribution >= 4 is 47.3 Å². The first-order valence-corrected chi connectivity index (χ1v) is 14.5. The van der Waals surface area contributed by atoms with E-state index in [1.807, 2.05) is 0 Å². The molecule has 6 atom stereocenters. The molecule has 0 aliphatic carbocycles. The van der Waals surface area contributed by atoms with Gasteiger partial charge in [-0.2, -0.15) is 11.8 Å². The van der Waals surface area contributed by atoms with E-state index in [9.17, 15) is 49.2 Å². The highest BCUT2D eigenvalue weighted by Crippen LogP contribution is 2.35. The quantitative estimate of drug-likeness (QED) is 0.155. The second-order valence-corrected chi connectivity index (χ2v) is 11.3. The zero-order valence-electron chi connectivity index (χ0n) is 23.7. The van der Waals surface area contributed by atoms with Gasteiger partial charge in [0.05, 0.1) is 17.7 Å². The molecule has 0 saturated carbocycles. The molecule has 0 radical (unpaired) electrons. The zero-order valence-corrected chi connectivity index (χ0v) is 24.5. The number of thioether (sulfide) groups is 1. The number of nitrogens with zero attached hydrogens (tertiary/aromatic N) is 1. The van der Waals surface area contributed by atoms with Gasteiger partial charge in [-0.15, -0.1) is 0 Å². The number of cyclic esters (lactones) is 1. The van der Waals surface area contributed by atoms with Gasteiger partial charge >= 0.3 is 11.9 Å². The fraction of sp³-hybridized carbons (Fsp3) is 0.538. The number of carboxylic acid groups (broad SMARTS) is 1. The minimum Gasteiger partial charge on any atom is -0.508 e. The topological polar surface area (TPSA) is 258 Å². The maximum absolute atomic E-state index is 13.4. The normalized spacial score (nSPS) is 24.3. The number of benzene rings is 1. The lowest BCUT2D eigenvalue weighted by Gasteiger charge is -2.29. The van der Waals surface area contributed by atoms with Crippen LogP contribution in [0.3, 0.4) is 0 Å². The number of carboxylic acids is 1. The second-order valence-electron chi connectivity index (χ2n) is 10.3. The highest BCUT2D eigenvalue weighted by atomic mass is 32.2. The summed E-state index contributed by atoms with van der Waals surface area (Å²) in [5.74, 6) is -6.81. The van der Waals surface area contributed by atoms with Crippen molar-refractivity contribution in [2.75, 3.05) is 18.9 Å². The van der Waals surface area contributed by atoms with Crippen LogP contribution in [0.5, 0.6) is 11.5 Å². The minimum atomic E-state index is -1.65. The molecule has 1 saturated heterocycles. The average Bonchev–Trinajstić information content (AvgIpc) is 3.32. The van der Waals surface area contributed by atoms with Crippen molar-refractivity contribution in [1.82, 2.24) is 20.9 Å². The Morgan fingerprint density at radius 2 is 1.84 bits per heavy atom. The Labute approximate surface area is 250 Å². The molecule has 43 heavy (non-hydrogen) atoms. The summed E-state index contributed by atoms with van der Waals surface area (Å²) in [6.45, 7) is 3.27. The van der Waals surface area contributed by atoms with Crippen LogP contribution in [0.25, 0.3) is 0 Å². The molecule has 236 valence electrons. The van der Waals surface area contributed by atoms with Crippen molar-refractivity contribution in [3.63, 3.8) is 0 Å². The molecule has 2 heterocycles. The zero-order chi connectivity index (χ0) is 32.2. The van der Waals surface area contributed by atoms with Crippen LogP contribution < -0.4 is 21.7 Å². The van der Waals surface area contributed by atoms with Crippen molar-refractivity contribution in [2.45, 2.75) is 69.3 Å². The van der Waals surface area contributed by atoms with Gasteiger partial charge < -0.3 is 51.7 Å². The Morgan fingerprint density at radius 1 is 1.16 bits per heavy atom. The summed E-state index contributed by atoms with van der Waals surface area (Å²) in [5, 5.41) is 47.4. The molecule has 0 bridgehead atoms. The van der Waals surface area contributed by atoms with Crippen LogP contribution in [0.1, 0.15) is 41.8 Å². The molecule has 1 unspecified atom stereocenters. The molecule has 9 N–H and O–H groups in total. The van der Waals surface area contributed by atoms with E-state index in [-0.39, 0.29) is 41.2 Å². The number of carbonyl (C=O) groups is 6. The number of aliphatic hydroxyl groups excluding tert-OH is 1. The summed E-state index contributed by atoms with van der Waals surface area (Å²) < 4.78 is 5.32. The predicted octanol–water partition coefficient (Wildman–Crippen LogP) is -2.32. The van der Waals surface area contributed by atoms with E-state index in [1.165, 1.54) is 20.8 Å². The Hall–Kier alpha value is -4.09. The number of amides is 4. The Morgan fingerprint density at radius 3 is 2.47 bits per heavy atom. The van der Waals surface area contributed by atoms with Crippen molar-refractivity contribution < 1.29 is 53.9 Å². The number of fused-ring (bicyclic) bond motifs is 1. The number of rotatable bonds is 6. The van der Waals surface area contributed by atoms with Gasteiger partial charge in [0.2, 0.25) is 23.6 Å². The first-order valence-electron chi connectivity index (χ1n) is 13.3. The van der Waals surface area contributed by atoms with E-state index in [1.54, 1.807) is 0 Å². The van der Waals surface area contributed by atoms with Crippen LogP contribution in [0, 0.1) is 6.92 Å². The van der Waals surface area contributed by atoms with Crippen LogP contribution in [-0.2, 0) is 34.5 Å². The van der Waals surface area contributed by atoms with Crippen LogP contribution in [0.2, 0.25) is 0 Å². The third kappa shape index (κ3) is 7.66. The first-order chi connectivity index (χ1) is 20.1. The van der Waals surface area contributed by atoms with Gasteiger partial charge in [-0.1, -0.05) is 0 Å². The Kier molecular flexibility index (Phi) is 10.8. The molecule has 2 aliphatic rings. The van der Waals surface area contributed by atoms with Crippen LogP contribution in [0.4, 0.5) is 0 Å². The number of carbonyl (C=O) groups excluding carboxylic acids is 5. The van der Waals surface area contributed by atoms with E-state index < -0.39 is 90.0 Å². The highest BCUT2D eigenvalue weighted by molar-refractivity contribution is 7.98. The van der Waals surface area contributed by atoms with Gasteiger partial charge in [0.15, 0.2) is 0 Å². The molecule has 0 aromatic heterocycles. The molecule has 1 aromatic carbocycles. The van der Waals surface area contributed by atoms with Crippen LogP contribution >= 0.6 is 11.8 Å². The lowest BCUT2D eigenvalue weighted by atomic mass is 10.0. The van der Waals surface area contributed by atoms with Gasteiger partial charge in [-0.3, -0.25) is 24.0 Å². The molecule has 3 rings (SSSR count). The molecule has 1 fully saturated rings. The third-order valence-electron chi connectivity index (χ3n) is 7.06. The summed E-state index contributed by atoms with van der Waals surface area (Å²) in [4.78, 5) is 77.7. The number of nitrogens with two attached hydrogens (primary N) is 1. The summed E-state index contributed by atoms with van der Waals surface area (Å²) >= 11 is 1.01. The van der Waals surface area contributed by atoms with E-state index in [2.05, 4.69) is 16.0 Å². The second kappa shape index (κ2) is 13.9. The Balaban J connectivity index is 1.97. The summed E-state index contributed by atoms with van der Waals surface area (Å²) in [6, 6.07) is -5.65. The van der Waals surface area contributed by atoms with Gasteiger partial charge in [0, 0.05) is 35.2 Å². The van der Waals surface area contributed by atoms with Crippen LogP contribution in [-0.4, -0.2) is 116 Å². The molecule has 4 amide bonds. The monoisotopic (exact) mass is 625 g/mol. The first kappa shape index (κ1) is 33.4. The molecule has 17 heteroatoms. The number of esters is 1. The maximum Gasteiger partial charge on any atom is 0.339 e. The van der Waals surface area contributed by atoms with E-state index in [0.717, 1.165) is 22.7 Å². The van der Waals surface area contributed by atoms with E-state index >= 15 is 0 Å². The van der Waals surface area contributed by atoms with Gasteiger partial charge in [-0.05, 0) is 27.2 Å². The number of phenolic OH excluding ortho intramolecular Hbond substituents is 2. The number of aliphatic carboxylic acids is 1. The number of hydrogen-bond acceptors (Lipinski definition) is 12. The van der Waals surface area contributed by atoms with E-state index in [0.29, 0.717) is 0 Å². The van der Waals surface area contributed by atoms with Crippen LogP contribution in [0.15, 0.2) is 6.07 Å². The van der Waals surface area contributed by atoms with Crippen molar-refractivity contribution in [2.24, 2.45) is 5.73 Å². The van der Waals surface area contributed by atoms with Gasteiger partial charge in [0.25, 0.3) is 0 Å². The number of likely N-dealkylation sites (tertiary alicyclic amines) is 1. The lowest BCUT2D eigenvalue weighted by molar-refractivity contribution is -0.142. The number of aromatic hydroxyl groups is 2. The number of nitrogens with one attached hydrogen (secondary N) is 3. The van der Waals surface area contributed by atoms with Gasteiger partial charge in [-0.25, -0.2) is 4.79 Å². The largest absolute Gasteiger partial charge is 0.508 e. The molecule has 0 spiro atoms. The van der Waals surface area contributed by atoms with Gasteiger partial charge in [0.1, 0.15) is 42.3 Å². The summed E-state index contributed by atoms with van der Waals surface area (Å²) in [5.41, 5.74) is 5.64. The molecular formula is C26H35N5O11S. The number of aliphatic hydroxyl groups is 1. The number of ether oxygens (including phenoxy) is 1. The van der Waals surface area contributed by atoms with E-state index in [4.69, 9.17) is 10.5 Å². The smallest absolute Gasteiger partial charge is 0.339 e. The molecule has 16 nitrogen and oxygen atoms in total. The Bertz CT molecular complexity index is 1310. The van der Waals surface area contributed by atoms with Crippen molar-refractivity contribution in [3.8, 4) is 11.5 Å². The SMILES string of the molecule is Cc1c(O)cc(O)c2c1C(=O)OCC(NC(=O)[C@@H]1[C@H](O)CCN1C(=O)[C@H](C)N)C(=O)N[C@H](C(=O)N[C@@H](C)C(=O)O)CSC2. The predicted molar refractivity (Wildman–Crippen MR) is 150 cm³/mol.